The summed E-state index contributed by atoms with van der Waals surface area (Å²) in [7, 11) is 0. The maximum absolute atomic E-state index is 12.0. The molecule has 6 nitrogen and oxygen atoms in total. The fourth-order valence-electron chi connectivity index (χ4n) is 1.80. The Morgan fingerprint density at radius 2 is 2.16 bits per heavy atom. The topological polar surface area (TPSA) is 79.8 Å². The van der Waals surface area contributed by atoms with Crippen LogP contribution in [-0.2, 0) is 4.79 Å². The molecule has 0 aliphatic carbocycles. The molecule has 0 spiro atoms. The number of amides is 1. The first-order chi connectivity index (χ1) is 12.1. The SMILES string of the molecule is O=C(CSc1nnc(Nc2cccc(Br)c2)s1)Nc1cccnc1Cl. The van der Waals surface area contributed by atoms with Gasteiger partial charge in [0, 0.05) is 16.4 Å². The van der Waals surface area contributed by atoms with Crippen molar-refractivity contribution in [1.29, 1.82) is 0 Å². The van der Waals surface area contributed by atoms with Crippen LogP contribution in [0.2, 0.25) is 5.15 Å². The van der Waals surface area contributed by atoms with Crippen LogP contribution in [0.3, 0.4) is 0 Å². The maximum Gasteiger partial charge on any atom is 0.234 e. The van der Waals surface area contributed by atoms with Crippen molar-refractivity contribution in [2.24, 2.45) is 0 Å². The first-order valence-corrected chi connectivity index (χ1v) is 9.97. The predicted molar refractivity (Wildman–Crippen MR) is 106 cm³/mol. The summed E-state index contributed by atoms with van der Waals surface area (Å²) in [5, 5.41) is 15.0. The van der Waals surface area contributed by atoms with E-state index in [1.165, 1.54) is 23.1 Å². The van der Waals surface area contributed by atoms with Gasteiger partial charge in [-0.2, -0.15) is 0 Å². The lowest BCUT2D eigenvalue weighted by Gasteiger charge is -2.04. The Kier molecular flexibility index (Phi) is 6.24. The Morgan fingerprint density at radius 1 is 1.28 bits per heavy atom. The number of carbonyl (C=O) groups excluding carboxylic acids is 1. The molecule has 0 fully saturated rings. The van der Waals surface area contributed by atoms with Crippen LogP contribution in [0.15, 0.2) is 51.4 Å². The quantitative estimate of drug-likeness (QED) is 0.409. The average molecular weight is 457 g/mol. The summed E-state index contributed by atoms with van der Waals surface area (Å²) in [5.41, 5.74) is 1.40. The molecule has 10 heteroatoms. The van der Waals surface area contributed by atoms with Crippen LogP contribution in [-0.4, -0.2) is 26.8 Å². The molecule has 0 aliphatic rings. The number of hydrogen-bond acceptors (Lipinski definition) is 7. The summed E-state index contributed by atoms with van der Waals surface area (Å²) in [6.07, 6.45) is 1.56. The van der Waals surface area contributed by atoms with E-state index in [1.807, 2.05) is 24.3 Å². The molecule has 0 radical (unpaired) electrons. The second-order valence-corrected chi connectivity index (χ2v) is 8.16. The third-order valence-electron chi connectivity index (χ3n) is 2.84. The second kappa shape index (κ2) is 8.61. The van der Waals surface area contributed by atoms with Crippen LogP contribution in [0.5, 0.6) is 0 Å². The molecule has 0 aliphatic heterocycles. The predicted octanol–water partition coefficient (Wildman–Crippen LogP) is 4.82. The van der Waals surface area contributed by atoms with Gasteiger partial charge in [-0.3, -0.25) is 4.79 Å². The van der Waals surface area contributed by atoms with Gasteiger partial charge in [-0.25, -0.2) is 4.98 Å². The number of pyridine rings is 1. The molecule has 0 bridgehead atoms. The average Bonchev–Trinajstić information content (AvgIpc) is 3.03. The van der Waals surface area contributed by atoms with Gasteiger partial charge in [-0.05, 0) is 30.3 Å². The highest BCUT2D eigenvalue weighted by molar-refractivity contribution is 9.10. The van der Waals surface area contributed by atoms with Gasteiger partial charge in [0.2, 0.25) is 11.0 Å². The minimum absolute atomic E-state index is 0.184. The molecule has 128 valence electrons. The summed E-state index contributed by atoms with van der Waals surface area (Å²) >= 11 is 12.0. The van der Waals surface area contributed by atoms with Crippen molar-refractivity contribution in [2.75, 3.05) is 16.4 Å². The van der Waals surface area contributed by atoms with E-state index in [0.717, 1.165) is 10.2 Å². The van der Waals surface area contributed by atoms with Crippen molar-refractivity contribution < 1.29 is 4.79 Å². The van der Waals surface area contributed by atoms with Gasteiger partial charge in [0.1, 0.15) is 0 Å². The lowest BCUT2D eigenvalue weighted by Crippen LogP contribution is -2.14. The molecule has 0 unspecified atom stereocenters. The smallest absolute Gasteiger partial charge is 0.234 e. The number of thioether (sulfide) groups is 1. The van der Waals surface area contributed by atoms with Gasteiger partial charge >= 0.3 is 0 Å². The third kappa shape index (κ3) is 5.40. The highest BCUT2D eigenvalue weighted by Crippen LogP contribution is 2.28. The van der Waals surface area contributed by atoms with Crippen LogP contribution in [0.1, 0.15) is 0 Å². The van der Waals surface area contributed by atoms with Gasteiger partial charge in [0.25, 0.3) is 0 Å². The monoisotopic (exact) mass is 455 g/mol. The second-order valence-electron chi connectivity index (χ2n) is 4.69. The summed E-state index contributed by atoms with van der Waals surface area (Å²) in [6.45, 7) is 0. The van der Waals surface area contributed by atoms with Gasteiger partial charge in [-0.15, -0.1) is 10.2 Å². The number of nitrogens with one attached hydrogen (secondary N) is 2. The molecule has 3 rings (SSSR count). The number of anilines is 3. The van der Waals surface area contributed by atoms with Crippen LogP contribution < -0.4 is 10.6 Å². The molecule has 25 heavy (non-hydrogen) atoms. The standard InChI is InChI=1S/C15H11BrClN5OS2/c16-9-3-1-4-10(7-9)19-14-21-22-15(25-14)24-8-12(23)20-11-5-2-6-18-13(11)17/h1-7H,8H2,(H,19,21)(H,20,23). The number of benzene rings is 1. The number of halogens is 2. The van der Waals surface area contributed by atoms with Crippen molar-refractivity contribution in [3.05, 3.63) is 52.2 Å². The molecule has 3 aromatic rings. The molecule has 1 amide bonds. The summed E-state index contributed by atoms with van der Waals surface area (Å²) in [4.78, 5) is 15.9. The molecular weight excluding hydrogens is 446 g/mol. The number of aromatic nitrogens is 3. The van der Waals surface area contributed by atoms with Crippen molar-refractivity contribution in [3.8, 4) is 0 Å². The van der Waals surface area contributed by atoms with Crippen LogP contribution in [0, 0.1) is 0 Å². The highest BCUT2D eigenvalue weighted by Gasteiger charge is 2.10. The molecule has 2 aromatic heterocycles. The molecule has 0 saturated carbocycles. The summed E-state index contributed by atoms with van der Waals surface area (Å²) in [5.74, 6) is 0.0214. The number of nitrogens with zero attached hydrogens (tertiary/aromatic N) is 3. The Morgan fingerprint density at radius 3 is 2.96 bits per heavy atom. The first kappa shape index (κ1) is 18.1. The van der Waals surface area contributed by atoms with E-state index in [0.29, 0.717) is 15.2 Å². The summed E-state index contributed by atoms with van der Waals surface area (Å²) in [6, 6.07) is 11.2. The highest BCUT2D eigenvalue weighted by atomic mass is 79.9. The van der Waals surface area contributed by atoms with E-state index in [1.54, 1.807) is 18.3 Å². The van der Waals surface area contributed by atoms with Crippen LogP contribution in [0.25, 0.3) is 0 Å². The van der Waals surface area contributed by atoms with Crippen molar-refractivity contribution in [3.63, 3.8) is 0 Å². The molecule has 0 saturated heterocycles. The van der Waals surface area contributed by atoms with Gasteiger partial charge in [0.15, 0.2) is 9.49 Å². The zero-order valence-corrected chi connectivity index (χ0v) is 16.5. The zero-order valence-electron chi connectivity index (χ0n) is 12.6. The lowest BCUT2D eigenvalue weighted by atomic mass is 10.3. The van der Waals surface area contributed by atoms with Crippen LogP contribution >= 0.6 is 50.6 Å². The molecule has 0 atom stereocenters. The van der Waals surface area contributed by atoms with Crippen LogP contribution in [0.4, 0.5) is 16.5 Å². The van der Waals surface area contributed by atoms with E-state index < -0.39 is 0 Å². The van der Waals surface area contributed by atoms with Gasteiger partial charge < -0.3 is 10.6 Å². The van der Waals surface area contributed by atoms with Crippen molar-refractivity contribution in [1.82, 2.24) is 15.2 Å². The Bertz CT molecular complexity index is 892. The normalized spacial score (nSPS) is 10.5. The minimum atomic E-state index is -0.184. The maximum atomic E-state index is 12.0. The number of rotatable bonds is 6. The first-order valence-electron chi connectivity index (χ1n) is 6.99. The van der Waals surface area contributed by atoms with E-state index in [2.05, 4.69) is 41.7 Å². The fraction of sp³-hybridized carbons (Fsp3) is 0.0667. The van der Waals surface area contributed by atoms with E-state index >= 15 is 0 Å². The van der Waals surface area contributed by atoms with E-state index in [4.69, 9.17) is 11.6 Å². The third-order valence-corrected chi connectivity index (χ3v) is 5.61. The molecular formula is C15H11BrClN5OS2. The minimum Gasteiger partial charge on any atom is -0.330 e. The van der Waals surface area contributed by atoms with Gasteiger partial charge in [0.05, 0.1) is 11.4 Å². The molecule has 2 N–H and O–H groups in total. The Balaban J connectivity index is 1.53. The van der Waals surface area contributed by atoms with E-state index in [9.17, 15) is 4.79 Å². The lowest BCUT2D eigenvalue weighted by molar-refractivity contribution is -0.113. The Labute approximate surface area is 165 Å². The van der Waals surface area contributed by atoms with Gasteiger partial charge in [-0.1, -0.05) is 56.7 Å². The Hall–Kier alpha value is -1.68. The largest absolute Gasteiger partial charge is 0.330 e. The van der Waals surface area contributed by atoms with Crippen molar-refractivity contribution >= 4 is 73.0 Å². The fourth-order valence-corrected chi connectivity index (χ4v) is 3.94. The molecule has 1 aromatic carbocycles. The number of hydrogen-bond donors (Lipinski definition) is 2. The van der Waals surface area contributed by atoms with E-state index in [-0.39, 0.29) is 16.8 Å². The zero-order chi connectivity index (χ0) is 17.6. The number of carbonyl (C=O) groups is 1. The molecule has 2 heterocycles. The van der Waals surface area contributed by atoms with Crippen molar-refractivity contribution in [2.45, 2.75) is 4.34 Å². The summed E-state index contributed by atoms with van der Waals surface area (Å²) < 4.78 is 1.67.